The average molecular weight is 438 g/mol. The molecule has 3 nitrogen and oxygen atoms in total. The molecule has 3 unspecified atom stereocenters. The van der Waals surface area contributed by atoms with E-state index < -0.39 is 0 Å². The zero-order valence-electron chi connectivity index (χ0n) is 19.0. The van der Waals surface area contributed by atoms with Gasteiger partial charge >= 0.3 is 0 Å². The lowest BCUT2D eigenvalue weighted by Crippen LogP contribution is -2.62. The molecular weight excluding hydrogens is 402 g/mol. The van der Waals surface area contributed by atoms with Crippen LogP contribution < -0.4 is 10.6 Å². The zero-order valence-corrected chi connectivity index (χ0v) is 19.7. The van der Waals surface area contributed by atoms with Gasteiger partial charge in [-0.3, -0.25) is 0 Å². The molecule has 1 aliphatic carbocycles. The molecule has 166 valence electrons. The number of fused-ring (bicyclic) bond motifs is 2. The number of hydrogen-bond donors (Lipinski definition) is 2. The highest BCUT2D eigenvalue weighted by molar-refractivity contribution is 6.29. The van der Waals surface area contributed by atoms with Crippen molar-refractivity contribution >= 4 is 11.6 Å². The van der Waals surface area contributed by atoms with Gasteiger partial charge in [0.15, 0.2) is 0 Å². The fourth-order valence-corrected chi connectivity index (χ4v) is 7.43. The van der Waals surface area contributed by atoms with Crippen molar-refractivity contribution in [2.24, 2.45) is 11.8 Å². The lowest BCUT2D eigenvalue weighted by molar-refractivity contribution is 0.0791. The number of aromatic nitrogens is 1. The molecule has 2 saturated heterocycles. The Morgan fingerprint density at radius 3 is 2.81 bits per heavy atom. The van der Waals surface area contributed by atoms with E-state index in [0.717, 1.165) is 26.1 Å². The topological polar surface area (TPSA) is 37.0 Å². The van der Waals surface area contributed by atoms with Gasteiger partial charge in [0, 0.05) is 35.7 Å². The second kappa shape index (κ2) is 8.50. The van der Waals surface area contributed by atoms with Crippen molar-refractivity contribution in [1.29, 1.82) is 0 Å². The predicted octanol–water partition coefficient (Wildman–Crippen LogP) is 5.48. The van der Waals surface area contributed by atoms with Crippen molar-refractivity contribution < 1.29 is 0 Å². The number of piperidine rings is 1. The molecule has 2 aliphatic heterocycles. The maximum absolute atomic E-state index is 6.30. The molecular formula is C27H36ClN3. The van der Waals surface area contributed by atoms with Crippen molar-refractivity contribution in [3.8, 4) is 0 Å². The van der Waals surface area contributed by atoms with Crippen LogP contribution in [0, 0.1) is 11.8 Å². The molecule has 31 heavy (non-hydrogen) atoms. The molecule has 0 amide bonds. The summed E-state index contributed by atoms with van der Waals surface area (Å²) in [6.45, 7) is 8.03. The Hall–Kier alpha value is -1.42. The van der Waals surface area contributed by atoms with E-state index in [4.69, 9.17) is 16.6 Å². The van der Waals surface area contributed by atoms with Crippen molar-refractivity contribution in [3.63, 3.8) is 0 Å². The first-order valence-corrected chi connectivity index (χ1v) is 12.6. The van der Waals surface area contributed by atoms with Gasteiger partial charge in [-0.1, -0.05) is 61.8 Å². The standard InChI is InChI=1S/C27H36ClN3/c1-19(2)15-27(16-21(12-14-30-27)20-7-4-3-5-8-20)24-17-29-18-26(24)13-6-9-23-22(26)10-11-25(28)31-23/h3-5,7-8,10-11,19,21,24,29-30H,6,9,12-18H2,1-2H3/t21?,24-,26?,27?/m1/s1. The molecule has 2 aromatic rings. The number of rotatable bonds is 4. The van der Waals surface area contributed by atoms with E-state index in [2.05, 4.69) is 60.9 Å². The van der Waals surface area contributed by atoms with Gasteiger partial charge < -0.3 is 10.6 Å². The van der Waals surface area contributed by atoms with Crippen LogP contribution in [0.1, 0.15) is 68.7 Å². The maximum Gasteiger partial charge on any atom is 0.129 e. The fraction of sp³-hybridized carbons (Fsp3) is 0.593. The van der Waals surface area contributed by atoms with Crippen LogP contribution in [0.4, 0.5) is 0 Å². The van der Waals surface area contributed by atoms with Crippen LogP contribution >= 0.6 is 11.6 Å². The van der Waals surface area contributed by atoms with Crippen molar-refractivity contribution in [2.75, 3.05) is 19.6 Å². The number of hydrogen-bond acceptors (Lipinski definition) is 3. The van der Waals surface area contributed by atoms with E-state index in [1.54, 1.807) is 0 Å². The number of nitrogens with one attached hydrogen (secondary N) is 2. The SMILES string of the molecule is CC(C)CC1([C@@H]2CNCC23CCCc2nc(Cl)ccc23)CC(c2ccccc2)CCN1. The van der Waals surface area contributed by atoms with Crippen molar-refractivity contribution in [1.82, 2.24) is 15.6 Å². The third-order valence-corrected chi connectivity index (χ3v) is 8.47. The maximum atomic E-state index is 6.30. The molecule has 1 aromatic heterocycles. The first kappa shape index (κ1) is 21.4. The van der Waals surface area contributed by atoms with Crippen LogP contribution in [0.5, 0.6) is 0 Å². The summed E-state index contributed by atoms with van der Waals surface area (Å²) in [4.78, 5) is 4.78. The molecule has 4 heteroatoms. The minimum atomic E-state index is 0.144. The van der Waals surface area contributed by atoms with Crippen molar-refractivity contribution in [2.45, 2.75) is 69.2 Å². The Balaban J connectivity index is 1.56. The molecule has 3 heterocycles. The summed E-state index contributed by atoms with van der Waals surface area (Å²) in [6.07, 6.45) is 7.18. The van der Waals surface area contributed by atoms with Gasteiger partial charge in [-0.25, -0.2) is 4.98 Å². The summed E-state index contributed by atoms with van der Waals surface area (Å²) in [5.74, 6) is 1.85. The van der Waals surface area contributed by atoms with Crippen molar-refractivity contribution in [3.05, 3.63) is 64.4 Å². The van der Waals surface area contributed by atoms with Gasteiger partial charge in [-0.05, 0) is 74.1 Å². The van der Waals surface area contributed by atoms with Crippen LogP contribution in [0.15, 0.2) is 42.5 Å². The van der Waals surface area contributed by atoms with Crippen LogP contribution in [-0.4, -0.2) is 30.2 Å². The zero-order chi connectivity index (χ0) is 21.5. The van der Waals surface area contributed by atoms with Gasteiger partial charge in [-0.2, -0.15) is 0 Å². The lowest BCUT2D eigenvalue weighted by atomic mass is 9.56. The number of aryl methyl sites for hydroxylation is 1. The smallest absolute Gasteiger partial charge is 0.129 e. The molecule has 3 aliphatic rings. The molecule has 1 aromatic carbocycles. The van der Waals surface area contributed by atoms with E-state index in [-0.39, 0.29) is 11.0 Å². The van der Waals surface area contributed by atoms with Crippen LogP contribution in [0.2, 0.25) is 5.15 Å². The summed E-state index contributed by atoms with van der Waals surface area (Å²) in [6, 6.07) is 15.5. The second-order valence-electron chi connectivity index (χ2n) is 10.6. The van der Waals surface area contributed by atoms with E-state index in [9.17, 15) is 0 Å². The molecule has 0 saturated carbocycles. The van der Waals surface area contributed by atoms with Gasteiger partial charge in [0.05, 0.1) is 0 Å². The first-order valence-electron chi connectivity index (χ1n) is 12.2. The van der Waals surface area contributed by atoms with Gasteiger partial charge in [0.1, 0.15) is 5.15 Å². The van der Waals surface area contributed by atoms with Gasteiger partial charge in [0.2, 0.25) is 0 Å². The number of halogens is 1. The first-order chi connectivity index (χ1) is 15.0. The van der Waals surface area contributed by atoms with Crippen LogP contribution in [0.25, 0.3) is 0 Å². The van der Waals surface area contributed by atoms with E-state index in [1.165, 1.54) is 48.9 Å². The molecule has 5 rings (SSSR count). The molecule has 2 fully saturated rings. The Bertz CT molecular complexity index is 914. The van der Waals surface area contributed by atoms with Gasteiger partial charge in [0.25, 0.3) is 0 Å². The summed E-state index contributed by atoms with van der Waals surface area (Å²) >= 11 is 6.30. The van der Waals surface area contributed by atoms with Crippen LogP contribution in [-0.2, 0) is 11.8 Å². The Morgan fingerprint density at radius 2 is 2.00 bits per heavy atom. The fourth-order valence-electron chi connectivity index (χ4n) is 7.26. The third-order valence-electron chi connectivity index (χ3n) is 8.26. The Labute approximate surface area is 192 Å². The normalized spacial score (nSPS) is 33.0. The Morgan fingerprint density at radius 1 is 1.16 bits per heavy atom. The van der Waals surface area contributed by atoms with Crippen LogP contribution in [0.3, 0.4) is 0 Å². The monoisotopic (exact) mass is 437 g/mol. The summed E-state index contributed by atoms with van der Waals surface area (Å²) < 4.78 is 0. The largest absolute Gasteiger partial charge is 0.315 e. The minimum absolute atomic E-state index is 0.144. The number of benzene rings is 1. The lowest BCUT2D eigenvalue weighted by Gasteiger charge is -2.53. The summed E-state index contributed by atoms with van der Waals surface area (Å²) in [5, 5.41) is 8.60. The third kappa shape index (κ3) is 3.83. The van der Waals surface area contributed by atoms with Gasteiger partial charge in [-0.15, -0.1) is 0 Å². The number of pyridine rings is 1. The molecule has 0 bridgehead atoms. The molecule has 4 atom stereocenters. The predicted molar refractivity (Wildman–Crippen MR) is 129 cm³/mol. The molecule has 2 N–H and O–H groups in total. The highest BCUT2D eigenvalue weighted by Crippen LogP contribution is 2.53. The average Bonchev–Trinajstić information content (AvgIpc) is 3.19. The highest BCUT2D eigenvalue weighted by Gasteiger charge is 2.56. The van der Waals surface area contributed by atoms with E-state index in [1.807, 2.05) is 6.07 Å². The highest BCUT2D eigenvalue weighted by atomic mass is 35.5. The molecule has 1 spiro atoms. The second-order valence-corrected chi connectivity index (χ2v) is 11.0. The Kier molecular flexibility index (Phi) is 5.87. The number of nitrogens with zero attached hydrogens (tertiary/aromatic N) is 1. The molecule has 0 radical (unpaired) electrons. The van der Waals surface area contributed by atoms with E-state index >= 15 is 0 Å². The minimum Gasteiger partial charge on any atom is -0.315 e. The quantitative estimate of drug-likeness (QED) is 0.622. The summed E-state index contributed by atoms with van der Waals surface area (Å²) in [5.41, 5.74) is 4.51. The van der Waals surface area contributed by atoms with E-state index in [0.29, 0.717) is 22.9 Å². The summed E-state index contributed by atoms with van der Waals surface area (Å²) in [7, 11) is 0.